The van der Waals surface area contributed by atoms with Gasteiger partial charge in [-0.25, -0.2) is 0 Å². The zero-order chi connectivity index (χ0) is 19.2. The summed E-state index contributed by atoms with van der Waals surface area (Å²) < 4.78 is 27.2. The molecule has 0 unspecified atom stereocenters. The molecule has 0 spiro atoms. The van der Waals surface area contributed by atoms with Gasteiger partial charge in [0.25, 0.3) is 10.2 Å². The van der Waals surface area contributed by atoms with E-state index in [0.717, 1.165) is 19.3 Å². The van der Waals surface area contributed by atoms with Crippen molar-refractivity contribution >= 4 is 16.1 Å². The summed E-state index contributed by atoms with van der Waals surface area (Å²) in [7, 11) is -0.412. The number of nitrogens with one attached hydrogen (secondary N) is 1. The molecule has 0 radical (unpaired) electrons. The van der Waals surface area contributed by atoms with Gasteiger partial charge in [-0.1, -0.05) is 43.7 Å². The fourth-order valence-corrected chi connectivity index (χ4v) is 4.48. The summed E-state index contributed by atoms with van der Waals surface area (Å²) in [6, 6.07) is 10.3. The first-order valence-electron chi connectivity index (χ1n) is 9.33. The third kappa shape index (κ3) is 5.53. The Morgan fingerprint density at radius 3 is 2.62 bits per heavy atom. The fourth-order valence-electron chi connectivity index (χ4n) is 3.29. The van der Waals surface area contributed by atoms with Crippen molar-refractivity contribution in [2.24, 2.45) is 11.8 Å². The molecule has 1 aromatic rings. The van der Waals surface area contributed by atoms with Crippen molar-refractivity contribution in [2.45, 2.75) is 32.6 Å². The predicted octanol–water partition coefficient (Wildman–Crippen LogP) is 1.89. The average molecular weight is 382 g/mol. The molecular weight excluding hydrogens is 350 g/mol. The molecule has 2 rings (SSSR count). The highest BCUT2D eigenvalue weighted by atomic mass is 32.2. The molecule has 2 atom stereocenters. The van der Waals surface area contributed by atoms with Crippen LogP contribution in [0.5, 0.6) is 0 Å². The van der Waals surface area contributed by atoms with E-state index >= 15 is 0 Å². The number of benzene rings is 1. The van der Waals surface area contributed by atoms with E-state index < -0.39 is 10.2 Å². The molecule has 6 nitrogen and oxygen atoms in total. The van der Waals surface area contributed by atoms with Crippen LogP contribution in [-0.4, -0.2) is 56.7 Å². The summed E-state index contributed by atoms with van der Waals surface area (Å²) in [5.41, 5.74) is 1.27. The molecule has 7 heteroatoms. The predicted molar refractivity (Wildman–Crippen MR) is 104 cm³/mol. The SMILES string of the molecule is CC[C@H](CNC(=O)[C@H]1CCCN(S(=O)(=O)N(C)C)C1)Cc1ccccc1. The Morgan fingerprint density at radius 1 is 1.31 bits per heavy atom. The highest BCUT2D eigenvalue weighted by Gasteiger charge is 2.33. The van der Waals surface area contributed by atoms with Gasteiger partial charge in [0, 0.05) is 33.7 Å². The third-order valence-corrected chi connectivity index (χ3v) is 6.96. The van der Waals surface area contributed by atoms with Gasteiger partial charge in [-0.3, -0.25) is 4.79 Å². The molecular formula is C19H31N3O3S. The molecule has 1 fully saturated rings. The molecule has 1 heterocycles. The van der Waals surface area contributed by atoms with Gasteiger partial charge < -0.3 is 5.32 Å². The van der Waals surface area contributed by atoms with Gasteiger partial charge in [0.2, 0.25) is 5.91 Å². The first-order valence-corrected chi connectivity index (χ1v) is 10.7. The van der Waals surface area contributed by atoms with Crippen LogP contribution < -0.4 is 5.32 Å². The van der Waals surface area contributed by atoms with Crippen molar-refractivity contribution in [3.8, 4) is 0 Å². The molecule has 0 aliphatic carbocycles. The molecule has 26 heavy (non-hydrogen) atoms. The summed E-state index contributed by atoms with van der Waals surface area (Å²) in [5, 5.41) is 3.05. The molecule has 1 aliphatic rings. The number of nitrogens with zero attached hydrogens (tertiary/aromatic N) is 2. The quantitative estimate of drug-likeness (QED) is 0.748. The molecule has 1 aliphatic heterocycles. The van der Waals surface area contributed by atoms with Gasteiger partial charge in [0.05, 0.1) is 5.92 Å². The van der Waals surface area contributed by atoms with Crippen LogP contribution in [0.1, 0.15) is 31.7 Å². The lowest BCUT2D eigenvalue weighted by Gasteiger charge is -2.33. The van der Waals surface area contributed by atoms with Crippen LogP contribution in [0.15, 0.2) is 30.3 Å². The minimum Gasteiger partial charge on any atom is -0.356 e. The number of carbonyl (C=O) groups is 1. The zero-order valence-corrected chi connectivity index (χ0v) is 16.8. The molecule has 0 bridgehead atoms. The Bertz CT molecular complexity index is 677. The van der Waals surface area contributed by atoms with Crippen molar-refractivity contribution < 1.29 is 13.2 Å². The lowest BCUT2D eigenvalue weighted by atomic mass is 9.95. The van der Waals surface area contributed by atoms with E-state index in [1.54, 1.807) is 0 Å². The maximum atomic E-state index is 12.6. The average Bonchev–Trinajstić information content (AvgIpc) is 2.65. The topological polar surface area (TPSA) is 69.7 Å². The maximum absolute atomic E-state index is 12.6. The Hall–Kier alpha value is -1.44. The van der Waals surface area contributed by atoms with E-state index in [-0.39, 0.29) is 18.4 Å². The van der Waals surface area contributed by atoms with E-state index in [9.17, 15) is 13.2 Å². The van der Waals surface area contributed by atoms with E-state index in [4.69, 9.17) is 0 Å². The normalized spacial score (nSPS) is 20.1. The second-order valence-corrected chi connectivity index (χ2v) is 9.34. The van der Waals surface area contributed by atoms with E-state index in [0.29, 0.717) is 25.4 Å². The number of rotatable bonds is 8. The summed E-state index contributed by atoms with van der Waals surface area (Å²) >= 11 is 0. The van der Waals surface area contributed by atoms with E-state index in [2.05, 4.69) is 24.4 Å². The molecule has 0 saturated carbocycles. The molecule has 1 aromatic carbocycles. The van der Waals surface area contributed by atoms with Gasteiger partial charge in [0.1, 0.15) is 0 Å². The maximum Gasteiger partial charge on any atom is 0.281 e. The smallest absolute Gasteiger partial charge is 0.281 e. The highest BCUT2D eigenvalue weighted by Crippen LogP contribution is 2.20. The second-order valence-electron chi connectivity index (χ2n) is 7.20. The van der Waals surface area contributed by atoms with E-state index in [1.807, 2.05) is 18.2 Å². The summed E-state index contributed by atoms with van der Waals surface area (Å²) in [6.45, 7) is 3.50. The van der Waals surface area contributed by atoms with Crippen molar-refractivity contribution in [1.82, 2.24) is 13.9 Å². The highest BCUT2D eigenvalue weighted by molar-refractivity contribution is 7.86. The second kappa shape index (κ2) is 9.48. The van der Waals surface area contributed by atoms with Crippen LogP contribution in [0.4, 0.5) is 0 Å². The van der Waals surface area contributed by atoms with Crippen LogP contribution in [0, 0.1) is 11.8 Å². The van der Waals surface area contributed by atoms with E-state index in [1.165, 1.54) is 28.3 Å². The van der Waals surface area contributed by atoms with Crippen LogP contribution >= 0.6 is 0 Å². The Kier molecular flexibility index (Phi) is 7.61. The molecule has 146 valence electrons. The van der Waals surface area contributed by atoms with Crippen molar-refractivity contribution in [3.63, 3.8) is 0 Å². The monoisotopic (exact) mass is 381 g/mol. The van der Waals surface area contributed by atoms with Gasteiger partial charge in [0.15, 0.2) is 0 Å². The third-order valence-electron chi connectivity index (χ3n) is 5.05. The summed E-state index contributed by atoms with van der Waals surface area (Å²) in [4.78, 5) is 12.6. The lowest BCUT2D eigenvalue weighted by Crippen LogP contribution is -2.49. The Balaban J connectivity index is 1.88. The first-order chi connectivity index (χ1) is 12.3. The van der Waals surface area contributed by atoms with Gasteiger partial charge in [-0.15, -0.1) is 0 Å². The molecule has 0 aromatic heterocycles. The largest absolute Gasteiger partial charge is 0.356 e. The Morgan fingerprint density at radius 2 is 2.00 bits per heavy atom. The number of hydrogen-bond donors (Lipinski definition) is 1. The molecule has 1 amide bonds. The zero-order valence-electron chi connectivity index (χ0n) is 16.0. The minimum absolute atomic E-state index is 0.0323. The summed E-state index contributed by atoms with van der Waals surface area (Å²) in [6.07, 6.45) is 3.37. The molecule has 1 saturated heterocycles. The summed E-state index contributed by atoms with van der Waals surface area (Å²) in [5.74, 6) is 0.0782. The van der Waals surface area contributed by atoms with Gasteiger partial charge in [-0.05, 0) is 30.7 Å². The fraction of sp³-hybridized carbons (Fsp3) is 0.632. The van der Waals surface area contributed by atoms with Crippen LogP contribution in [0.25, 0.3) is 0 Å². The number of carbonyl (C=O) groups excluding carboxylic acids is 1. The van der Waals surface area contributed by atoms with Crippen LogP contribution in [0.3, 0.4) is 0 Å². The number of hydrogen-bond acceptors (Lipinski definition) is 3. The van der Waals surface area contributed by atoms with Crippen LogP contribution in [0.2, 0.25) is 0 Å². The van der Waals surface area contributed by atoms with Gasteiger partial charge >= 0.3 is 0 Å². The lowest BCUT2D eigenvalue weighted by molar-refractivity contribution is -0.126. The standard InChI is InChI=1S/C19H31N3O3S/c1-4-16(13-17-9-6-5-7-10-17)14-20-19(23)18-11-8-12-22(15-18)26(24,25)21(2)3/h5-7,9-10,16,18H,4,8,11-15H2,1-3H3,(H,20,23)/t16-,18-/m0/s1. The first kappa shape index (κ1) is 20.9. The molecule has 1 N–H and O–H groups in total. The van der Waals surface area contributed by atoms with Crippen molar-refractivity contribution in [1.29, 1.82) is 0 Å². The minimum atomic E-state index is -3.46. The van der Waals surface area contributed by atoms with Crippen molar-refractivity contribution in [2.75, 3.05) is 33.7 Å². The van der Waals surface area contributed by atoms with Crippen molar-refractivity contribution in [3.05, 3.63) is 35.9 Å². The Labute approximate surface area is 157 Å². The number of amides is 1. The number of piperidine rings is 1. The van der Waals surface area contributed by atoms with Crippen LogP contribution in [-0.2, 0) is 21.4 Å². The van der Waals surface area contributed by atoms with Gasteiger partial charge in [-0.2, -0.15) is 17.0 Å².